The molecule has 1 fully saturated rings. The van der Waals surface area contributed by atoms with Gasteiger partial charge in [0.2, 0.25) is 5.91 Å². The molecule has 0 saturated heterocycles. The molecule has 4 rings (SSSR count). The first-order chi connectivity index (χ1) is 17.1. The highest BCUT2D eigenvalue weighted by Gasteiger charge is 2.32. The van der Waals surface area contributed by atoms with E-state index in [0.29, 0.717) is 30.1 Å². The lowest BCUT2D eigenvalue weighted by Crippen LogP contribution is -2.47. The molecule has 1 amide bonds. The third-order valence-electron chi connectivity index (χ3n) is 6.88. The number of hydrogen-bond donors (Lipinski definition) is 2. The second-order valence-electron chi connectivity index (χ2n) is 10.4. The number of hydrogen-bond acceptors (Lipinski definition) is 7. The van der Waals surface area contributed by atoms with Crippen LogP contribution in [0.25, 0.3) is 0 Å². The molecular weight excluding hydrogens is 482 g/mol. The van der Waals surface area contributed by atoms with Gasteiger partial charge in [0.05, 0.1) is 25.4 Å². The summed E-state index contributed by atoms with van der Waals surface area (Å²) in [7, 11) is -0.0928. The first kappa shape index (κ1) is 26.4. The molecule has 0 radical (unpaired) electrons. The Kier molecular flexibility index (Phi) is 7.91. The van der Waals surface area contributed by atoms with E-state index in [1.807, 2.05) is 6.92 Å². The van der Waals surface area contributed by atoms with E-state index in [4.69, 9.17) is 4.74 Å². The summed E-state index contributed by atoms with van der Waals surface area (Å²) in [5, 5.41) is 9.71. The number of sulfonamides is 1. The fourth-order valence-corrected chi connectivity index (χ4v) is 5.60. The number of fused-ring (bicyclic) bond motifs is 1. The van der Waals surface area contributed by atoms with Crippen molar-refractivity contribution >= 4 is 21.6 Å². The summed E-state index contributed by atoms with van der Waals surface area (Å²) in [6, 6.07) is 4.68. The number of nitrogens with one attached hydrogen (secondary N) is 1. The lowest BCUT2D eigenvalue weighted by atomic mass is 10.0. The van der Waals surface area contributed by atoms with Crippen molar-refractivity contribution in [3.63, 3.8) is 0 Å². The lowest BCUT2D eigenvalue weighted by Gasteiger charge is -2.34. The Hall–Kier alpha value is -2.63. The average molecular weight is 520 g/mol. The van der Waals surface area contributed by atoms with Crippen molar-refractivity contribution in [3.05, 3.63) is 36.3 Å². The van der Waals surface area contributed by atoms with E-state index < -0.39 is 10.0 Å². The Bertz CT molecular complexity index is 1180. The first-order valence-electron chi connectivity index (χ1n) is 12.4. The average Bonchev–Trinajstić information content (AvgIpc) is 3.51. The van der Waals surface area contributed by atoms with Crippen LogP contribution in [0.5, 0.6) is 5.75 Å². The minimum atomic E-state index is -3.88. The SMILES string of the molecule is C[C@H]1CN([C@@H](C)CO)C(=O)Cc2cc(NS(=O)(=O)c3cn(C)cn3)ccc2O[C@@H]1CN(C)CC1CC1. The van der Waals surface area contributed by atoms with E-state index in [1.54, 1.807) is 34.7 Å². The van der Waals surface area contributed by atoms with Crippen LogP contribution in [-0.4, -0.2) is 84.2 Å². The number of ether oxygens (including phenoxy) is 1. The number of rotatable bonds is 9. The predicted molar refractivity (Wildman–Crippen MR) is 136 cm³/mol. The first-order valence-corrected chi connectivity index (χ1v) is 13.9. The zero-order valence-corrected chi connectivity index (χ0v) is 22.2. The number of aliphatic hydroxyl groups excluding tert-OH is 1. The minimum absolute atomic E-state index is 0.0258. The van der Waals surface area contributed by atoms with Crippen molar-refractivity contribution in [3.8, 4) is 5.75 Å². The molecule has 36 heavy (non-hydrogen) atoms. The number of aryl methyl sites for hydroxylation is 1. The molecule has 0 unspecified atom stereocenters. The van der Waals surface area contributed by atoms with Gasteiger partial charge in [-0.1, -0.05) is 6.92 Å². The third kappa shape index (κ3) is 6.37. The monoisotopic (exact) mass is 519 g/mol. The van der Waals surface area contributed by atoms with Crippen LogP contribution in [0.2, 0.25) is 0 Å². The second-order valence-corrected chi connectivity index (χ2v) is 12.0. The van der Waals surface area contributed by atoms with Crippen LogP contribution < -0.4 is 9.46 Å². The number of anilines is 1. The van der Waals surface area contributed by atoms with Crippen LogP contribution in [0.15, 0.2) is 35.7 Å². The van der Waals surface area contributed by atoms with Crippen molar-refractivity contribution in [1.82, 2.24) is 19.4 Å². The third-order valence-corrected chi connectivity index (χ3v) is 8.15. The molecule has 2 aliphatic rings. The highest BCUT2D eigenvalue weighted by Crippen LogP contribution is 2.32. The van der Waals surface area contributed by atoms with Crippen molar-refractivity contribution < 1.29 is 23.1 Å². The lowest BCUT2D eigenvalue weighted by molar-refractivity contribution is -0.134. The highest BCUT2D eigenvalue weighted by molar-refractivity contribution is 7.92. The van der Waals surface area contributed by atoms with Crippen LogP contribution in [-0.2, 0) is 28.3 Å². The predicted octanol–water partition coefficient (Wildman–Crippen LogP) is 1.71. The smallest absolute Gasteiger partial charge is 0.280 e. The molecule has 2 aromatic rings. The van der Waals surface area contributed by atoms with Gasteiger partial charge in [0, 0.05) is 50.0 Å². The number of carbonyl (C=O) groups is 1. The van der Waals surface area contributed by atoms with Gasteiger partial charge >= 0.3 is 0 Å². The van der Waals surface area contributed by atoms with E-state index in [9.17, 15) is 18.3 Å². The molecule has 11 heteroatoms. The zero-order valence-electron chi connectivity index (χ0n) is 21.4. The molecule has 3 atom stereocenters. The Morgan fingerprint density at radius 1 is 1.31 bits per heavy atom. The summed E-state index contributed by atoms with van der Waals surface area (Å²) >= 11 is 0. The van der Waals surface area contributed by atoms with Crippen LogP contribution in [0.3, 0.4) is 0 Å². The van der Waals surface area contributed by atoms with Gasteiger partial charge < -0.3 is 24.2 Å². The summed E-state index contributed by atoms with van der Waals surface area (Å²) < 4.78 is 36.2. The van der Waals surface area contributed by atoms with Gasteiger partial charge in [-0.05, 0) is 50.9 Å². The molecule has 2 heterocycles. The molecule has 1 aliphatic heterocycles. The molecule has 10 nitrogen and oxygen atoms in total. The number of imidazole rings is 1. The van der Waals surface area contributed by atoms with E-state index in [-0.39, 0.29) is 42.0 Å². The number of benzene rings is 1. The van der Waals surface area contributed by atoms with Crippen molar-refractivity contribution in [2.24, 2.45) is 18.9 Å². The Labute approximate surface area is 213 Å². The largest absolute Gasteiger partial charge is 0.488 e. The number of aromatic nitrogens is 2. The zero-order chi connectivity index (χ0) is 26.0. The van der Waals surface area contributed by atoms with Crippen LogP contribution in [0, 0.1) is 11.8 Å². The van der Waals surface area contributed by atoms with Crippen molar-refractivity contribution in [2.75, 3.05) is 38.0 Å². The molecule has 0 spiro atoms. The summed E-state index contributed by atoms with van der Waals surface area (Å²) in [5.74, 6) is 1.21. The molecule has 1 saturated carbocycles. The molecule has 198 valence electrons. The van der Waals surface area contributed by atoms with Gasteiger partial charge in [0.15, 0.2) is 5.03 Å². The van der Waals surface area contributed by atoms with Gasteiger partial charge in [-0.2, -0.15) is 8.42 Å². The summed E-state index contributed by atoms with van der Waals surface area (Å²) in [6.45, 7) is 5.96. The van der Waals surface area contributed by atoms with E-state index in [0.717, 1.165) is 12.5 Å². The van der Waals surface area contributed by atoms with E-state index in [1.165, 1.54) is 25.4 Å². The fourth-order valence-electron chi connectivity index (χ4n) is 4.57. The van der Waals surface area contributed by atoms with Crippen LogP contribution in [0.4, 0.5) is 5.69 Å². The molecule has 2 N–H and O–H groups in total. The van der Waals surface area contributed by atoms with Crippen LogP contribution in [0.1, 0.15) is 32.3 Å². The molecule has 1 aromatic heterocycles. The van der Waals surface area contributed by atoms with Gasteiger partial charge in [-0.15, -0.1) is 0 Å². The maximum Gasteiger partial charge on any atom is 0.280 e. The van der Waals surface area contributed by atoms with E-state index >= 15 is 0 Å². The number of amides is 1. The Morgan fingerprint density at radius 2 is 2.06 bits per heavy atom. The highest BCUT2D eigenvalue weighted by atomic mass is 32.2. The maximum atomic E-state index is 13.3. The number of nitrogens with zero attached hydrogens (tertiary/aromatic N) is 4. The standard InChI is InChI=1S/C25H37N5O5S/c1-17-11-30(18(2)15-31)25(32)10-20-9-21(27-36(33,34)24-14-29(4)16-26-24)7-8-22(20)35-23(17)13-28(3)12-19-5-6-19/h7-9,14,16-19,23,27,31H,5-6,10-13,15H2,1-4H3/t17-,18-,23+/m0/s1. The summed E-state index contributed by atoms with van der Waals surface area (Å²) in [6.07, 6.45) is 5.23. The number of aliphatic hydroxyl groups is 1. The Balaban J connectivity index is 1.63. The quantitative estimate of drug-likeness (QED) is 0.518. The van der Waals surface area contributed by atoms with Crippen molar-refractivity contribution in [2.45, 2.75) is 50.3 Å². The van der Waals surface area contributed by atoms with Crippen molar-refractivity contribution in [1.29, 1.82) is 0 Å². The Morgan fingerprint density at radius 3 is 2.69 bits per heavy atom. The maximum absolute atomic E-state index is 13.3. The minimum Gasteiger partial charge on any atom is -0.488 e. The summed E-state index contributed by atoms with van der Waals surface area (Å²) in [5.41, 5.74) is 0.924. The van der Waals surface area contributed by atoms with Gasteiger partial charge in [0.1, 0.15) is 11.9 Å². The molecular formula is C25H37N5O5S. The van der Waals surface area contributed by atoms with Crippen LogP contribution >= 0.6 is 0 Å². The van der Waals surface area contributed by atoms with E-state index in [2.05, 4.69) is 28.6 Å². The molecule has 1 aromatic carbocycles. The topological polar surface area (TPSA) is 117 Å². The fraction of sp³-hybridized carbons (Fsp3) is 0.600. The summed E-state index contributed by atoms with van der Waals surface area (Å²) in [4.78, 5) is 21.3. The molecule has 1 aliphatic carbocycles. The van der Waals surface area contributed by atoms with Gasteiger partial charge in [-0.3, -0.25) is 9.52 Å². The number of likely N-dealkylation sites (N-methyl/N-ethyl adjacent to an activating group) is 1. The second kappa shape index (κ2) is 10.8. The van der Waals surface area contributed by atoms with Gasteiger partial charge in [0.25, 0.3) is 10.0 Å². The molecule has 0 bridgehead atoms. The normalized spacial score (nSPS) is 21.8. The van der Waals surface area contributed by atoms with Gasteiger partial charge in [-0.25, -0.2) is 4.98 Å². The number of carbonyl (C=O) groups excluding carboxylic acids is 1.